The lowest BCUT2D eigenvalue weighted by atomic mass is 9.95. The minimum atomic E-state index is -0.778. The van der Waals surface area contributed by atoms with Crippen molar-refractivity contribution in [2.75, 3.05) is 11.9 Å². The SMILES string of the molecule is O=C1CN(C(=O)c2ccccc2Br)C(c2ccc(F)cc2)c2cc(F)ccc2N1. The first kappa shape index (κ1) is 19.3. The summed E-state index contributed by atoms with van der Waals surface area (Å²) in [5.41, 5.74) is 1.76. The molecule has 7 heteroatoms. The van der Waals surface area contributed by atoms with Crippen LogP contribution in [0.4, 0.5) is 14.5 Å². The van der Waals surface area contributed by atoms with Gasteiger partial charge in [-0.2, -0.15) is 0 Å². The molecule has 0 radical (unpaired) electrons. The zero-order valence-electron chi connectivity index (χ0n) is 15.0. The summed E-state index contributed by atoms with van der Waals surface area (Å²) >= 11 is 3.37. The number of nitrogens with one attached hydrogen (secondary N) is 1. The van der Waals surface area contributed by atoms with Crippen molar-refractivity contribution in [2.24, 2.45) is 0 Å². The zero-order chi connectivity index (χ0) is 20.5. The Morgan fingerprint density at radius 1 is 1.00 bits per heavy atom. The van der Waals surface area contributed by atoms with Crippen molar-refractivity contribution < 1.29 is 18.4 Å². The van der Waals surface area contributed by atoms with Gasteiger partial charge in [-0.05, 0) is 64.0 Å². The fraction of sp³-hybridized carbons (Fsp3) is 0.0909. The normalized spacial score (nSPS) is 16.0. The molecular formula is C22H15BrF2N2O2. The van der Waals surface area contributed by atoms with E-state index < -0.39 is 29.5 Å². The summed E-state index contributed by atoms with van der Waals surface area (Å²) in [6.45, 7) is -0.238. The topological polar surface area (TPSA) is 49.4 Å². The molecule has 4 rings (SSSR count). The van der Waals surface area contributed by atoms with E-state index in [0.29, 0.717) is 26.9 Å². The molecule has 1 aliphatic rings. The minimum absolute atomic E-state index is 0.238. The molecule has 0 aliphatic carbocycles. The van der Waals surface area contributed by atoms with Gasteiger partial charge in [-0.3, -0.25) is 9.59 Å². The molecule has 0 bridgehead atoms. The number of carbonyl (C=O) groups is 2. The van der Waals surface area contributed by atoms with Gasteiger partial charge in [0.05, 0.1) is 11.6 Å². The van der Waals surface area contributed by atoms with Crippen molar-refractivity contribution in [2.45, 2.75) is 6.04 Å². The maximum atomic E-state index is 14.1. The molecule has 146 valence electrons. The number of benzene rings is 3. The highest BCUT2D eigenvalue weighted by molar-refractivity contribution is 9.10. The van der Waals surface area contributed by atoms with Crippen LogP contribution in [-0.2, 0) is 4.79 Å². The molecule has 0 aromatic heterocycles. The van der Waals surface area contributed by atoms with Crippen LogP contribution in [0.1, 0.15) is 27.5 Å². The molecule has 29 heavy (non-hydrogen) atoms. The second kappa shape index (κ2) is 7.75. The van der Waals surface area contributed by atoms with E-state index in [1.54, 1.807) is 24.3 Å². The van der Waals surface area contributed by atoms with Gasteiger partial charge >= 0.3 is 0 Å². The third-order valence-electron chi connectivity index (χ3n) is 4.76. The highest BCUT2D eigenvalue weighted by atomic mass is 79.9. The first-order chi connectivity index (χ1) is 13.9. The maximum absolute atomic E-state index is 14.1. The van der Waals surface area contributed by atoms with E-state index in [1.165, 1.54) is 47.4 Å². The summed E-state index contributed by atoms with van der Waals surface area (Å²) in [4.78, 5) is 27.3. The van der Waals surface area contributed by atoms with Crippen LogP contribution < -0.4 is 5.32 Å². The first-order valence-electron chi connectivity index (χ1n) is 8.84. The van der Waals surface area contributed by atoms with Crippen LogP contribution in [0.25, 0.3) is 0 Å². The molecule has 0 spiro atoms. The van der Waals surface area contributed by atoms with Gasteiger partial charge in [-0.25, -0.2) is 8.78 Å². The molecule has 2 amide bonds. The molecule has 3 aromatic carbocycles. The lowest BCUT2D eigenvalue weighted by molar-refractivity contribution is -0.117. The number of nitrogens with zero attached hydrogens (tertiary/aromatic N) is 1. The van der Waals surface area contributed by atoms with Crippen LogP contribution in [-0.4, -0.2) is 23.3 Å². The van der Waals surface area contributed by atoms with Gasteiger partial charge in [-0.1, -0.05) is 24.3 Å². The van der Waals surface area contributed by atoms with Gasteiger partial charge in [0.1, 0.15) is 18.2 Å². The Balaban J connectivity index is 1.91. The Morgan fingerprint density at radius 2 is 1.69 bits per heavy atom. The lowest BCUT2D eigenvalue weighted by Gasteiger charge is -2.31. The average molecular weight is 457 g/mol. The minimum Gasteiger partial charge on any atom is -0.324 e. The summed E-state index contributed by atoms with van der Waals surface area (Å²) in [6, 6.07) is 15.7. The molecular weight excluding hydrogens is 442 g/mol. The molecule has 1 unspecified atom stereocenters. The Bertz CT molecular complexity index is 1100. The van der Waals surface area contributed by atoms with E-state index in [1.807, 2.05) is 0 Å². The van der Waals surface area contributed by atoms with Crippen molar-refractivity contribution >= 4 is 33.4 Å². The molecule has 3 aromatic rings. The Morgan fingerprint density at radius 3 is 2.41 bits per heavy atom. The quantitative estimate of drug-likeness (QED) is 0.595. The summed E-state index contributed by atoms with van der Waals surface area (Å²) in [5.74, 6) is -1.73. The van der Waals surface area contributed by atoms with Crippen LogP contribution in [0, 0.1) is 11.6 Å². The van der Waals surface area contributed by atoms with E-state index in [4.69, 9.17) is 0 Å². The molecule has 4 nitrogen and oxygen atoms in total. The van der Waals surface area contributed by atoms with E-state index >= 15 is 0 Å². The largest absolute Gasteiger partial charge is 0.324 e. The maximum Gasteiger partial charge on any atom is 0.256 e. The van der Waals surface area contributed by atoms with E-state index in [0.717, 1.165) is 0 Å². The number of hydrogen-bond acceptors (Lipinski definition) is 2. The predicted octanol–water partition coefficient (Wildman–Crippen LogP) is 4.91. The number of hydrogen-bond donors (Lipinski definition) is 1. The van der Waals surface area contributed by atoms with Gasteiger partial charge < -0.3 is 10.2 Å². The van der Waals surface area contributed by atoms with Gasteiger partial charge in [0, 0.05) is 15.7 Å². The fourth-order valence-electron chi connectivity index (χ4n) is 3.46. The second-order valence-electron chi connectivity index (χ2n) is 6.65. The van der Waals surface area contributed by atoms with Crippen LogP contribution in [0.3, 0.4) is 0 Å². The van der Waals surface area contributed by atoms with E-state index in [2.05, 4.69) is 21.2 Å². The van der Waals surface area contributed by atoms with Gasteiger partial charge in [0.15, 0.2) is 0 Å². The van der Waals surface area contributed by atoms with E-state index in [9.17, 15) is 18.4 Å². The molecule has 0 saturated carbocycles. The fourth-order valence-corrected chi connectivity index (χ4v) is 3.91. The highest BCUT2D eigenvalue weighted by Gasteiger charge is 2.34. The van der Waals surface area contributed by atoms with Gasteiger partial charge in [0.25, 0.3) is 5.91 Å². The third kappa shape index (κ3) is 3.78. The average Bonchev–Trinajstić information content (AvgIpc) is 2.84. The highest BCUT2D eigenvalue weighted by Crippen LogP contribution is 2.37. The number of anilines is 1. The summed E-state index contributed by atoms with van der Waals surface area (Å²) in [7, 11) is 0. The van der Waals surface area contributed by atoms with Gasteiger partial charge in [-0.15, -0.1) is 0 Å². The van der Waals surface area contributed by atoms with Crippen molar-refractivity contribution in [3.8, 4) is 0 Å². The number of carbonyl (C=O) groups excluding carboxylic acids is 2. The Hall–Kier alpha value is -3.06. The lowest BCUT2D eigenvalue weighted by Crippen LogP contribution is -2.39. The van der Waals surface area contributed by atoms with E-state index in [-0.39, 0.29) is 6.54 Å². The summed E-state index contributed by atoms with van der Waals surface area (Å²) in [5, 5.41) is 2.73. The standard InChI is InChI=1S/C22H15BrF2N2O2/c23-18-4-2-1-3-16(18)22(29)27-12-20(28)26-19-10-9-15(25)11-17(19)21(27)13-5-7-14(24)8-6-13/h1-11,21H,12H2,(H,26,28). The predicted molar refractivity (Wildman–Crippen MR) is 108 cm³/mol. The number of fused-ring (bicyclic) bond motifs is 1. The van der Waals surface area contributed by atoms with Crippen LogP contribution >= 0.6 is 15.9 Å². The zero-order valence-corrected chi connectivity index (χ0v) is 16.6. The molecule has 1 N–H and O–H groups in total. The number of halogens is 3. The van der Waals surface area contributed by atoms with Crippen LogP contribution in [0.15, 0.2) is 71.2 Å². The number of amides is 2. The molecule has 0 fully saturated rings. The Kier molecular flexibility index (Phi) is 5.15. The van der Waals surface area contributed by atoms with Crippen molar-refractivity contribution in [3.63, 3.8) is 0 Å². The van der Waals surface area contributed by atoms with Crippen molar-refractivity contribution in [1.29, 1.82) is 0 Å². The van der Waals surface area contributed by atoms with Crippen molar-refractivity contribution in [3.05, 3.63) is 99.5 Å². The third-order valence-corrected chi connectivity index (χ3v) is 5.45. The monoisotopic (exact) mass is 456 g/mol. The molecule has 1 heterocycles. The smallest absolute Gasteiger partial charge is 0.256 e. The molecule has 1 aliphatic heterocycles. The van der Waals surface area contributed by atoms with Crippen molar-refractivity contribution in [1.82, 2.24) is 4.90 Å². The molecule has 1 atom stereocenters. The van der Waals surface area contributed by atoms with Crippen LogP contribution in [0.5, 0.6) is 0 Å². The summed E-state index contributed by atoms with van der Waals surface area (Å²) < 4.78 is 28.2. The summed E-state index contributed by atoms with van der Waals surface area (Å²) in [6.07, 6.45) is 0. The molecule has 0 saturated heterocycles. The number of rotatable bonds is 2. The van der Waals surface area contributed by atoms with Gasteiger partial charge in [0.2, 0.25) is 5.91 Å². The first-order valence-corrected chi connectivity index (χ1v) is 9.63. The van der Waals surface area contributed by atoms with Crippen LogP contribution in [0.2, 0.25) is 0 Å². The second-order valence-corrected chi connectivity index (χ2v) is 7.50. The Labute approximate surface area is 174 Å².